The Morgan fingerprint density at radius 2 is 1.81 bits per heavy atom. The molecule has 0 atom stereocenters. The maximum absolute atomic E-state index is 12.0. The van der Waals surface area contributed by atoms with Crippen LogP contribution >= 0.6 is 15.9 Å². The van der Waals surface area contributed by atoms with E-state index in [1.165, 1.54) is 0 Å². The number of benzene rings is 2. The summed E-state index contributed by atoms with van der Waals surface area (Å²) in [4.78, 5) is 16.1. The molecule has 0 unspecified atom stereocenters. The van der Waals surface area contributed by atoms with Gasteiger partial charge in [0.25, 0.3) is 11.8 Å². The fourth-order valence-electron chi connectivity index (χ4n) is 2.24. The standard InChI is InChI=1S/C19H18BrN3O4/c1-12-9-14(3-8-17(12)20)22-18(24)10-25-15-4-6-16(7-5-15)26-11-19-21-13(2)23-27-19/h3-9H,10-11H2,1-2H3,(H,22,24). The van der Waals surface area contributed by atoms with Crippen LogP contribution in [0, 0.1) is 13.8 Å². The summed E-state index contributed by atoms with van der Waals surface area (Å²) in [6.45, 7) is 3.80. The molecule has 140 valence electrons. The fraction of sp³-hybridized carbons (Fsp3) is 0.211. The Morgan fingerprint density at radius 3 is 2.44 bits per heavy atom. The molecule has 0 spiro atoms. The zero-order valence-electron chi connectivity index (χ0n) is 14.9. The van der Waals surface area contributed by atoms with Crippen LogP contribution in [0.1, 0.15) is 17.3 Å². The first kappa shape index (κ1) is 18.9. The first-order valence-electron chi connectivity index (χ1n) is 8.20. The van der Waals surface area contributed by atoms with Crippen molar-refractivity contribution < 1.29 is 18.8 Å². The number of hydrogen-bond acceptors (Lipinski definition) is 6. The topological polar surface area (TPSA) is 86.5 Å². The fourth-order valence-corrected chi connectivity index (χ4v) is 2.49. The van der Waals surface area contributed by atoms with Crippen molar-refractivity contribution in [3.63, 3.8) is 0 Å². The van der Waals surface area contributed by atoms with Crippen molar-refractivity contribution in [1.82, 2.24) is 10.1 Å². The van der Waals surface area contributed by atoms with Gasteiger partial charge in [0.1, 0.15) is 11.5 Å². The number of aryl methyl sites for hydroxylation is 2. The van der Waals surface area contributed by atoms with Gasteiger partial charge >= 0.3 is 0 Å². The van der Waals surface area contributed by atoms with E-state index in [9.17, 15) is 4.79 Å². The Bertz CT molecular complexity index is 925. The lowest BCUT2D eigenvalue weighted by Gasteiger charge is -2.09. The molecule has 3 rings (SSSR count). The van der Waals surface area contributed by atoms with E-state index in [0.29, 0.717) is 23.2 Å². The highest BCUT2D eigenvalue weighted by Gasteiger charge is 2.06. The zero-order chi connectivity index (χ0) is 19.2. The average molecular weight is 432 g/mol. The SMILES string of the molecule is Cc1noc(COc2ccc(OCC(=O)Nc3ccc(Br)c(C)c3)cc2)n1. The number of rotatable bonds is 7. The van der Waals surface area contributed by atoms with Gasteiger partial charge in [0.15, 0.2) is 19.0 Å². The summed E-state index contributed by atoms with van der Waals surface area (Å²) in [5, 5.41) is 6.50. The van der Waals surface area contributed by atoms with Crippen LogP contribution in [0.4, 0.5) is 5.69 Å². The quantitative estimate of drug-likeness (QED) is 0.607. The van der Waals surface area contributed by atoms with Gasteiger partial charge in [0.05, 0.1) is 0 Å². The Balaban J connectivity index is 1.46. The number of nitrogens with zero attached hydrogens (tertiary/aromatic N) is 2. The summed E-state index contributed by atoms with van der Waals surface area (Å²) in [5.41, 5.74) is 1.77. The Labute approximate surface area is 164 Å². The van der Waals surface area contributed by atoms with Crippen molar-refractivity contribution in [2.45, 2.75) is 20.5 Å². The first-order valence-corrected chi connectivity index (χ1v) is 9.00. The Hall–Kier alpha value is -2.87. The summed E-state index contributed by atoms with van der Waals surface area (Å²) in [5.74, 6) is 1.94. The molecule has 8 heteroatoms. The molecule has 2 aromatic carbocycles. The molecule has 0 aliphatic heterocycles. The Morgan fingerprint density at radius 1 is 1.11 bits per heavy atom. The van der Waals surface area contributed by atoms with Crippen LogP contribution in [0.25, 0.3) is 0 Å². The van der Waals surface area contributed by atoms with Gasteiger partial charge in [0, 0.05) is 10.2 Å². The number of carbonyl (C=O) groups excluding carboxylic acids is 1. The van der Waals surface area contributed by atoms with E-state index in [0.717, 1.165) is 15.7 Å². The zero-order valence-corrected chi connectivity index (χ0v) is 16.4. The van der Waals surface area contributed by atoms with Crippen molar-refractivity contribution in [2.75, 3.05) is 11.9 Å². The molecule has 0 saturated carbocycles. The van der Waals surface area contributed by atoms with Gasteiger partial charge in [-0.3, -0.25) is 4.79 Å². The van der Waals surface area contributed by atoms with Gasteiger partial charge < -0.3 is 19.3 Å². The number of halogens is 1. The van der Waals surface area contributed by atoms with Crippen molar-refractivity contribution in [1.29, 1.82) is 0 Å². The lowest BCUT2D eigenvalue weighted by Crippen LogP contribution is -2.20. The van der Waals surface area contributed by atoms with Gasteiger partial charge in [0.2, 0.25) is 0 Å². The van der Waals surface area contributed by atoms with Gasteiger partial charge in [-0.15, -0.1) is 0 Å². The molecule has 0 aliphatic rings. The lowest BCUT2D eigenvalue weighted by molar-refractivity contribution is -0.118. The lowest BCUT2D eigenvalue weighted by atomic mass is 10.2. The van der Waals surface area contributed by atoms with E-state index in [2.05, 4.69) is 31.4 Å². The molecular formula is C19H18BrN3O4. The normalized spacial score (nSPS) is 10.5. The van der Waals surface area contributed by atoms with Crippen LogP contribution in [-0.2, 0) is 11.4 Å². The molecule has 0 aliphatic carbocycles. The van der Waals surface area contributed by atoms with Gasteiger partial charge in [-0.1, -0.05) is 21.1 Å². The minimum absolute atomic E-state index is 0.0867. The Kier molecular flexibility index (Phi) is 6.08. The van der Waals surface area contributed by atoms with E-state index < -0.39 is 0 Å². The minimum atomic E-state index is -0.233. The van der Waals surface area contributed by atoms with E-state index in [-0.39, 0.29) is 19.1 Å². The first-order chi connectivity index (χ1) is 13.0. The second-order valence-electron chi connectivity index (χ2n) is 5.80. The molecule has 1 N–H and O–H groups in total. The van der Waals surface area contributed by atoms with Crippen LogP contribution in [0.2, 0.25) is 0 Å². The number of aromatic nitrogens is 2. The molecule has 1 heterocycles. The average Bonchev–Trinajstić information content (AvgIpc) is 3.07. The van der Waals surface area contributed by atoms with Crippen molar-refractivity contribution >= 4 is 27.5 Å². The van der Waals surface area contributed by atoms with Crippen LogP contribution < -0.4 is 14.8 Å². The molecule has 0 saturated heterocycles. The number of anilines is 1. The number of nitrogens with one attached hydrogen (secondary N) is 1. The molecule has 1 aromatic heterocycles. The second kappa shape index (κ2) is 8.68. The summed E-state index contributed by atoms with van der Waals surface area (Å²) in [6, 6.07) is 12.5. The molecule has 7 nitrogen and oxygen atoms in total. The number of ether oxygens (including phenoxy) is 2. The van der Waals surface area contributed by atoms with Crippen molar-refractivity contribution in [3.8, 4) is 11.5 Å². The number of hydrogen-bond donors (Lipinski definition) is 1. The van der Waals surface area contributed by atoms with Gasteiger partial charge in [-0.25, -0.2) is 0 Å². The third-order valence-electron chi connectivity index (χ3n) is 3.57. The van der Waals surface area contributed by atoms with Crippen molar-refractivity contribution in [3.05, 3.63) is 64.2 Å². The molecule has 0 fully saturated rings. The number of carbonyl (C=O) groups is 1. The smallest absolute Gasteiger partial charge is 0.264 e. The summed E-state index contributed by atoms with van der Waals surface area (Å²) in [7, 11) is 0. The summed E-state index contributed by atoms with van der Waals surface area (Å²) < 4.78 is 17.0. The minimum Gasteiger partial charge on any atom is -0.484 e. The molecule has 0 bridgehead atoms. The highest BCUT2D eigenvalue weighted by Crippen LogP contribution is 2.21. The van der Waals surface area contributed by atoms with E-state index >= 15 is 0 Å². The third-order valence-corrected chi connectivity index (χ3v) is 4.46. The van der Waals surface area contributed by atoms with Gasteiger partial charge in [-0.05, 0) is 61.9 Å². The molecule has 3 aromatic rings. The maximum atomic E-state index is 12.0. The van der Waals surface area contributed by atoms with Crippen LogP contribution in [0.3, 0.4) is 0 Å². The maximum Gasteiger partial charge on any atom is 0.264 e. The van der Waals surface area contributed by atoms with Crippen molar-refractivity contribution in [2.24, 2.45) is 0 Å². The summed E-state index contributed by atoms with van der Waals surface area (Å²) >= 11 is 3.43. The predicted octanol–water partition coefficient (Wildman–Crippen LogP) is 4.05. The predicted molar refractivity (Wildman–Crippen MR) is 103 cm³/mol. The van der Waals surface area contributed by atoms with Crippen LogP contribution in [0.5, 0.6) is 11.5 Å². The molecular weight excluding hydrogens is 414 g/mol. The second-order valence-corrected chi connectivity index (χ2v) is 6.65. The van der Waals surface area contributed by atoms with E-state index in [1.54, 1.807) is 31.2 Å². The summed E-state index contributed by atoms with van der Waals surface area (Å²) in [6.07, 6.45) is 0. The van der Waals surface area contributed by atoms with Crippen LogP contribution in [0.15, 0.2) is 51.5 Å². The van der Waals surface area contributed by atoms with E-state index in [1.807, 2.05) is 25.1 Å². The number of amides is 1. The van der Waals surface area contributed by atoms with E-state index in [4.69, 9.17) is 14.0 Å². The molecule has 1 amide bonds. The van der Waals surface area contributed by atoms with Gasteiger partial charge in [-0.2, -0.15) is 4.98 Å². The molecule has 27 heavy (non-hydrogen) atoms. The highest BCUT2D eigenvalue weighted by atomic mass is 79.9. The van der Waals surface area contributed by atoms with Crippen LogP contribution in [-0.4, -0.2) is 22.7 Å². The monoisotopic (exact) mass is 431 g/mol. The third kappa shape index (κ3) is 5.55. The highest BCUT2D eigenvalue weighted by molar-refractivity contribution is 9.10. The molecule has 0 radical (unpaired) electrons. The largest absolute Gasteiger partial charge is 0.484 e.